The lowest BCUT2D eigenvalue weighted by molar-refractivity contribution is -0.115. The molecule has 1 unspecified atom stereocenters. The standard InChI is InChI=1S/C23H22N4OS2/c1-3-27-21(20-14-9-15-29-20)25-26-23(27)30-16(2)22(28)24-19-13-8-7-12-18(19)17-10-5-4-6-11-17/h4-16H,3H2,1-2H3,(H,24,28). The van der Waals surface area contributed by atoms with Gasteiger partial charge in [0.05, 0.1) is 10.1 Å². The second-order valence-electron chi connectivity index (χ2n) is 6.69. The summed E-state index contributed by atoms with van der Waals surface area (Å²) >= 11 is 3.06. The van der Waals surface area contributed by atoms with Gasteiger partial charge < -0.3 is 9.88 Å². The zero-order valence-electron chi connectivity index (χ0n) is 16.8. The molecular formula is C23H22N4OS2. The number of benzene rings is 2. The first-order valence-corrected chi connectivity index (χ1v) is 11.5. The zero-order valence-corrected chi connectivity index (χ0v) is 18.4. The SMILES string of the molecule is CCn1c(SC(C)C(=O)Nc2ccccc2-c2ccccc2)nnc1-c1cccs1. The van der Waals surface area contributed by atoms with E-state index in [1.54, 1.807) is 11.3 Å². The molecule has 0 radical (unpaired) electrons. The van der Waals surface area contributed by atoms with Gasteiger partial charge in [-0.1, -0.05) is 66.4 Å². The van der Waals surface area contributed by atoms with E-state index in [-0.39, 0.29) is 11.2 Å². The van der Waals surface area contributed by atoms with Crippen molar-refractivity contribution in [1.82, 2.24) is 14.8 Å². The summed E-state index contributed by atoms with van der Waals surface area (Å²) in [4.78, 5) is 14.0. The van der Waals surface area contributed by atoms with Gasteiger partial charge in [-0.3, -0.25) is 4.79 Å². The summed E-state index contributed by atoms with van der Waals surface area (Å²) in [5.41, 5.74) is 2.87. The van der Waals surface area contributed by atoms with Gasteiger partial charge in [0, 0.05) is 17.8 Å². The average molecular weight is 435 g/mol. The van der Waals surface area contributed by atoms with Crippen LogP contribution in [0.15, 0.2) is 77.3 Å². The number of nitrogens with zero attached hydrogens (tertiary/aromatic N) is 3. The molecule has 0 bridgehead atoms. The van der Waals surface area contributed by atoms with Crippen molar-refractivity contribution in [3.63, 3.8) is 0 Å². The molecule has 0 spiro atoms. The normalized spacial score (nSPS) is 11.9. The first kappa shape index (κ1) is 20.4. The van der Waals surface area contributed by atoms with Gasteiger partial charge in [-0.15, -0.1) is 21.5 Å². The topological polar surface area (TPSA) is 59.8 Å². The molecular weight excluding hydrogens is 412 g/mol. The van der Waals surface area contributed by atoms with Gasteiger partial charge in [0.2, 0.25) is 5.91 Å². The molecule has 5 nitrogen and oxygen atoms in total. The van der Waals surface area contributed by atoms with Crippen LogP contribution < -0.4 is 5.32 Å². The van der Waals surface area contributed by atoms with E-state index < -0.39 is 0 Å². The Kier molecular flexibility index (Phi) is 6.30. The molecule has 4 aromatic rings. The van der Waals surface area contributed by atoms with Gasteiger partial charge in [-0.05, 0) is 36.9 Å². The number of thioether (sulfide) groups is 1. The minimum atomic E-state index is -0.320. The molecule has 4 rings (SSSR count). The quantitative estimate of drug-likeness (QED) is 0.373. The predicted octanol–water partition coefficient (Wildman–Crippen LogP) is 5.81. The number of anilines is 1. The summed E-state index contributed by atoms with van der Waals surface area (Å²) in [5.74, 6) is 0.781. The second-order valence-corrected chi connectivity index (χ2v) is 8.94. The van der Waals surface area contributed by atoms with E-state index in [9.17, 15) is 4.79 Å². The predicted molar refractivity (Wildman–Crippen MR) is 125 cm³/mol. The number of hydrogen-bond acceptors (Lipinski definition) is 5. The lowest BCUT2D eigenvalue weighted by Gasteiger charge is -2.15. The number of carbonyl (C=O) groups excluding carboxylic acids is 1. The molecule has 152 valence electrons. The maximum atomic E-state index is 12.9. The average Bonchev–Trinajstić information content (AvgIpc) is 3.44. The van der Waals surface area contributed by atoms with Crippen molar-refractivity contribution in [2.45, 2.75) is 30.8 Å². The Labute approximate surface area is 184 Å². The Hall–Kier alpha value is -2.90. The summed E-state index contributed by atoms with van der Waals surface area (Å²) < 4.78 is 2.05. The van der Waals surface area contributed by atoms with E-state index in [1.807, 2.05) is 79.0 Å². The van der Waals surface area contributed by atoms with E-state index in [0.717, 1.165) is 39.2 Å². The molecule has 1 N–H and O–H groups in total. The van der Waals surface area contributed by atoms with Crippen LogP contribution in [0.25, 0.3) is 21.8 Å². The number of rotatable bonds is 7. The number of nitrogens with one attached hydrogen (secondary N) is 1. The van der Waals surface area contributed by atoms with Crippen molar-refractivity contribution in [2.75, 3.05) is 5.32 Å². The van der Waals surface area contributed by atoms with Crippen LogP contribution in [-0.4, -0.2) is 25.9 Å². The molecule has 2 aromatic heterocycles. The minimum absolute atomic E-state index is 0.0632. The highest BCUT2D eigenvalue weighted by atomic mass is 32.2. The first-order chi connectivity index (χ1) is 14.7. The Morgan fingerprint density at radius 3 is 2.57 bits per heavy atom. The molecule has 2 heterocycles. The number of para-hydroxylation sites is 1. The van der Waals surface area contributed by atoms with Crippen LogP contribution in [0.3, 0.4) is 0 Å². The molecule has 0 aliphatic heterocycles. The summed E-state index contributed by atoms with van der Waals surface area (Å²) in [6.45, 7) is 4.70. The van der Waals surface area contributed by atoms with E-state index in [1.165, 1.54) is 11.8 Å². The van der Waals surface area contributed by atoms with E-state index >= 15 is 0 Å². The fraction of sp³-hybridized carbons (Fsp3) is 0.174. The molecule has 30 heavy (non-hydrogen) atoms. The second kappa shape index (κ2) is 9.28. The molecule has 0 saturated heterocycles. The van der Waals surface area contributed by atoms with Crippen LogP contribution in [0.2, 0.25) is 0 Å². The van der Waals surface area contributed by atoms with Crippen molar-refractivity contribution >= 4 is 34.7 Å². The van der Waals surface area contributed by atoms with Crippen molar-refractivity contribution in [2.24, 2.45) is 0 Å². The number of aromatic nitrogens is 3. The van der Waals surface area contributed by atoms with E-state index in [0.29, 0.717) is 0 Å². The van der Waals surface area contributed by atoms with Gasteiger partial charge in [0.1, 0.15) is 0 Å². The van der Waals surface area contributed by atoms with Crippen LogP contribution in [-0.2, 0) is 11.3 Å². The summed E-state index contributed by atoms with van der Waals surface area (Å²) in [7, 11) is 0. The molecule has 2 aromatic carbocycles. The lowest BCUT2D eigenvalue weighted by Crippen LogP contribution is -2.23. The Balaban J connectivity index is 1.51. The van der Waals surface area contributed by atoms with Crippen molar-refractivity contribution in [3.05, 3.63) is 72.1 Å². The van der Waals surface area contributed by atoms with Gasteiger partial charge in [0.15, 0.2) is 11.0 Å². The van der Waals surface area contributed by atoms with Gasteiger partial charge >= 0.3 is 0 Å². The summed E-state index contributed by atoms with van der Waals surface area (Å²) in [5, 5.41) is 14.2. The van der Waals surface area contributed by atoms with Crippen LogP contribution in [0.5, 0.6) is 0 Å². The van der Waals surface area contributed by atoms with Crippen molar-refractivity contribution < 1.29 is 4.79 Å². The Morgan fingerprint density at radius 2 is 1.83 bits per heavy atom. The number of carbonyl (C=O) groups is 1. The number of hydrogen-bond donors (Lipinski definition) is 1. The monoisotopic (exact) mass is 434 g/mol. The molecule has 1 amide bonds. The van der Waals surface area contributed by atoms with Gasteiger partial charge in [-0.2, -0.15) is 0 Å². The maximum absolute atomic E-state index is 12.9. The van der Waals surface area contributed by atoms with E-state index in [2.05, 4.69) is 27.0 Å². The third-order valence-corrected chi connectivity index (χ3v) is 6.64. The molecule has 0 saturated carbocycles. The zero-order chi connectivity index (χ0) is 20.9. The van der Waals surface area contributed by atoms with Crippen molar-refractivity contribution in [1.29, 1.82) is 0 Å². The van der Waals surface area contributed by atoms with Crippen molar-refractivity contribution in [3.8, 4) is 21.8 Å². The number of amides is 1. The largest absolute Gasteiger partial charge is 0.325 e. The van der Waals surface area contributed by atoms with Crippen LogP contribution in [0, 0.1) is 0 Å². The summed E-state index contributed by atoms with van der Waals surface area (Å²) in [6.07, 6.45) is 0. The van der Waals surface area contributed by atoms with Gasteiger partial charge in [-0.25, -0.2) is 0 Å². The third kappa shape index (κ3) is 4.32. The third-order valence-electron chi connectivity index (χ3n) is 4.70. The highest BCUT2D eigenvalue weighted by Gasteiger charge is 2.21. The number of thiophene rings is 1. The fourth-order valence-corrected chi connectivity index (χ4v) is 4.79. The molecule has 7 heteroatoms. The molecule has 0 aliphatic rings. The maximum Gasteiger partial charge on any atom is 0.237 e. The fourth-order valence-electron chi connectivity index (χ4n) is 3.16. The van der Waals surface area contributed by atoms with E-state index in [4.69, 9.17) is 0 Å². The highest BCUT2D eigenvalue weighted by molar-refractivity contribution is 8.00. The molecule has 1 atom stereocenters. The first-order valence-electron chi connectivity index (χ1n) is 9.76. The molecule has 0 aliphatic carbocycles. The lowest BCUT2D eigenvalue weighted by atomic mass is 10.0. The highest BCUT2D eigenvalue weighted by Crippen LogP contribution is 2.31. The Bertz CT molecular complexity index is 1120. The van der Waals surface area contributed by atoms with Gasteiger partial charge in [0.25, 0.3) is 0 Å². The Morgan fingerprint density at radius 1 is 1.07 bits per heavy atom. The van der Waals surface area contributed by atoms with Crippen LogP contribution in [0.4, 0.5) is 5.69 Å². The smallest absolute Gasteiger partial charge is 0.237 e. The minimum Gasteiger partial charge on any atom is -0.325 e. The summed E-state index contributed by atoms with van der Waals surface area (Å²) in [6, 6.07) is 21.9. The van der Waals surface area contributed by atoms with Crippen LogP contribution in [0.1, 0.15) is 13.8 Å². The van der Waals surface area contributed by atoms with Crippen LogP contribution >= 0.6 is 23.1 Å². The molecule has 0 fully saturated rings.